The van der Waals surface area contributed by atoms with Gasteiger partial charge in [0.2, 0.25) is 0 Å². The molecule has 0 spiro atoms. The molecule has 1 amide bonds. The van der Waals surface area contributed by atoms with Crippen molar-refractivity contribution >= 4 is 5.91 Å². The van der Waals surface area contributed by atoms with Crippen LogP contribution in [0.3, 0.4) is 0 Å². The molecule has 1 saturated carbocycles. The smallest absolute Gasteiger partial charge is 0.272 e. The van der Waals surface area contributed by atoms with E-state index in [-0.39, 0.29) is 5.91 Å². The van der Waals surface area contributed by atoms with Crippen LogP contribution in [-0.4, -0.2) is 33.7 Å². The van der Waals surface area contributed by atoms with E-state index in [4.69, 9.17) is 5.10 Å². The molecule has 0 saturated heterocycles. The van der Waals surface area contributed by atoms with E-state index in [2.05, 4.69) is 58.6 Å². The van der Waals surface area contributed by atoms with Gasteiger partial charge in [-0.25, -0.2) is 0 Å². The lowest BCUT2D eigenvalue weighted by molar-refractivity contribution is 0.0734. The second kappa shape index (κ2) is 8.50. The highest BCUT2D eigenvalue weighted by atomic mass is 16.2. The van der Waals surface area contributed by atoms with Gasteiger partial charge in [-0.15, -0.1) is 0 Å². The lowest BCUT2D eigenvalue weighted by Gasteiger charge is -2.23. The van der Waals surface area contributed by atoms with Gasteiger partial charge in [-0.1, -0.05) is 31.5 Å². The van der Waals surface area contributed by atoms with Crippen LogP contribution in [0.1, 0.15) is 72.8 Å². The predicted molar refractivity (Wildman–Crippen MR) is 116 cm³/mol. The Hall–Kier alpha value is -2.10. The van der Waals surface area contributed by atoms with Crippen molar-refractivity contribution in [1.29, 1.82) is 0 Å². The molecule has 1 aliphatic carbocycles. The molecule has 1 fully saturated rings. The summed E-state index contributed by atoms with van der Waals surface area (Å²) in [5.74, 6) is 0.855. The molecule has 1 aromatic carbocycles. The maximum absolute atomic E-state index is 13.6. The molecule has 152 valence electrons. The molecule has 1 aliphatic rings. The Bertz CT molecular complexity index is 838. The predicted octanol–water partition coefficient (Wildman–Crippen LogP) is 5.32. The Morgan fingerprint density at radius 3 is 2.29 bits per heavy atom. The summed E-state index contributed by atoms with van der Waals surface area (Å²) in [6, 6.07) is 4.43. The Morgan fingerprint density at radius 2 is 1.79 bits per heavy atom. The maximum Gasteiger partial charge on any atom is 0.272 e. The first-order valence-corrected chi connectivity index (χ1v) is 10.9. The average Bonchev–Trinajstić information content (AvgIpc) is 3.38. The van der Waals surface area contributed by atoms with E-state index >= 15 is 0 Å². The molecule has 1 aromatic heterocycles. The van der Waals surface area contributed by atoms with E-state index in [0.717, 1.165) is 42.9 Å². The summed E-state index contributed by atoms with van der Waals surface area (Å²) < 4.78 is 1.94. The minimum atomic E-state index is 0.161. The van der Waals surface area contributed by atoms with E-state index in [1.54, 1.807) is 0 Å². The number of benzene rings is 1. The third-order valence-corrected chi connectivity index (χ3v) is 5.78. The van der Waals surface area contributed by atoms with Crippen LogP contribution < -0.4 is 0 Å². The molecule has 2 aromatic rings. The molecular weight excluding hydrogens is 346 g/mol. The zero-order valence-electron chi connectivity index (χ0n) is 18.4. The molecule has 0 N–H and O–H groups in total. The number of amides is 1. The number of rotatable bonds is 8. The molecule has 3 rings (SSSR count). The van der Waals surface area contributed by atoms with E-state index in [9.17, 15) is 4.79 Å². The topological polar surface area (TPSA) is 38.1 Å². The monoisotopic (exact) mass is 381 g/mol. The van der Waals surface area contributed by atoms with Crippen LogP contribution >= 0.6 is 0 Å². The van der Waals surface area contributed by atoms with Crippen LogP contribution in [0.4, 0.5) is 0 Å². The quantitative estimate of drug-likeness (QED) is 0.621. The third kappa shape index (κ3) is 4.01. The number of aryl methyl sites for hydroxylation is 4. The van der Waals surface area contributed by atoms with Crippen molar-refractivity contribution in [2.45, 2.75) is 73.8 Å². The Labute approximate surface area is 169 Å². The van der Waals surface area contributed by atoms with Crippen LogP contribution in [0.2, 0.25) is 0 Å². The molecule has 1 heterocycles. The zero-order valence-corrected chi connectivity index (χ0v) is 18.4. The normalized spacial score (nSPS) is 13.8. The molecule has 0 aliphatic heterocycles. The fraction of sp³-hybridized carbons (Fsp3) is 0.583. The summed E-state index contributed by atoms with van der Waals surface area (Å²) in [4.78, 5) is 15.7. The zero-order chi connectivity index (χ0) is 20.4. The van der Waals surface area contributed by atoms with Crippen molar-refractivity contribution in [1.82, 2.24) is 14.7 Å². The van der Waals surface area contributed by atoms with Crippen molar-refractivity contribution in [3.8, 4) is 11.3 Å². The summed E-state index contributed by atoms with van der Waals surface area (Å²) in [7, 11) is 0. The van der Waals surface area contributed by atoms with Gasteiger partial charge < -0.3 is 4.90 Å². The minimum Gasteiger partial charge on any atom is -0.337 e. The summed E-state index contributed by atoms with van der Waals surface area (Å²) in [5.41, 5.74) is 7.80. The van der Waals surface area contributed by atoms with Gasteiger partial charge >= 0.3 is 0 Å². The largest absolute Gasteiger partial charge is 0.337 e. The van der Waals surface area contributed by atoms with Gasteiger partial charge in [-0.2, -0.15) is 5.10 Å². The van der Waals surface area contributed by atoms with E-state index in [1.807, 2.05) is 4.68 Å². The van der Waals surface area contributed by atoms with E-state index in [1.165, 1.54) is 35.1 Å². The average molecular weight is 382 g/mol. The fourth-order valence-electron chi connectivity index (χ4n) is 4.36. The van der Waals surface area contributed by atoms with Gasteiger partial charge in [0.1, 0.15) is 5.69 Å². The molecule has 0 atom stereocenters. The van der Waals surface area contributed by atoms with Gasteiger partial charge in [-0.3, -0.25) is 9.48 Å². The molecule has 0 radical (unpaired) electrons. The summed E-state index contributed by atoms with van der Waals surface area (Å²) in [6.07, 6.45) is 4.32. The fourth-order valence-corrected chi connectivity index (χ4v) is 4.36. The molecule has 4 nitrogen and oxygen atoms in total. The molecule has 0 bridgehead atoms. The standard InChI is InChI=1S/C24H35N3O/c1-7-12-26(15-19-10-11-19)24(28)23-20(8-2)22(25-27(23)9-3)21-17(5)13-16(4)14-18(21)6/h13-14,19H,7-12,15H2,1-6H3. The highest BCUT2D eigenvalue weighted by molar-refractivity contribution is 5.96. The van der Waals surface area contributed by atoms with Crippen LogP contribution in [0.25, 0.3) is 11.3 Å². The Kier molecular flexibility index (Phi) is 6.26. The lowest BCUT2D eigenvalue weighted by Crippen LogP contribution is -2.35. The van der Waals surface area contributed by atoms with Gasteiger partial charge in [0.05, 0.1) is 5.69 Å². The van der Waals surface area contributed by atoms with Gasteiger partial charge in [0.15, 0.2) is 0 Å². The Morgan fingerprint density at radius 1 is 1.14 bits per heavy atom. The second-order valence-corrected chi connectivity index (χ2v) is 8.31. The van der Waals surface area contributed by atoms with Gasteiger partial charge in [0.25, 0.3) is 5.91 Å². The maximum atomic E-state index is 13.6. The number of aromatic nitrogens is 2. The number of carbonyl (C=O) groups is 1. The highest BCUT2D eigenvalue weighted by Gasteiger charge is 2.31. The van der Waals surface area contributed by atoms with Crippen molar-refractivity contribution in [3.63, 3.8) is 0 Å². The third-order valence-electron chi connectivity index (χ3n) is 5.78. The van der Waals surface area contributed by atoms with Crippen molar-refractivity contribution in [2.75, 3.05) is 13.1 Å². The minimum absolute atomic E-state index is 0.161. The molecule has 0 unspecified atom stereocenters. The highest BCUT2D eigenvalue weighted by Crippen LogP contribution is 2.34. The number of hydrogen-bond acceptors (Lipinski definition) is 2. The van der Waals surface area contributed by atoms with E-state index in [0.29, 0.717) is 12.5 Å². The van der Waals surface area contributed by atoms with Crippen LogP contribution in [0.5, 0.6) is 0 Å². The lowest BCUT2D eigenvalue weighted by atomic mass is 9.94. The second-order valence-electron chi connectivity index (χ2n) is 8.31. The van der Waals surface area contributed by atoms with E-state index < -0.39 is 0 Å². The van der Waals surface area contributed by atoms with Crippen molar-refractivity contribution in [2.24, 2.45) is 5.92 Å². The van der Waals surface area contributed by atoms with Crippen LogP contribution in [-0.2, 0) is 13.0 Å². The molecule has 4 heteroatoms. The van der Waals surface area contributed by atoms with Crippen LogP contribution in [0.15, 0.2) is 12.1 Å². The Balaban J connectivity index is 2.11. The van der Waals surface area contributed by atoms with Gasteiger partial charge in [-0.05, 0) is 70.4 Å². The SMILES string of the molecule is CCCN(CC1CC1)C(=O)c1c(CC)c(-c2c(C)cc(C)cc2C)nn1CC. The first-order chi connectivity index (χ1) is 13.4. The first kappa shape index (κ1) is 20.6. The molecule has 28 heavy (non-hydrogen) atoms. The van der Waals surface area contributed by atoms with Crippen LogP contribution in [0, 0.1) is 26.7 Å². The number of carbonyl (C=O) groups excluding carboxylic acids is 1. The summed E-state index contributed by atoms with van der Waals surface area (Å²) in [5, 5.41) is 4.95. The van der Waals surface area contributed by atoms with Gasteiger partial charge in [0, 0.05) is 30.8 Å². The first-order valence-electron chi connectivity index (χ1n) is 10.9. The number of nitrogens with zero attached hydrogens (tertiary/aromatic N) is 3. The number of hydrogen-bond donors (Lipinski definition) is 0. The summed E-state index contributed by atoms with van der Waals surface area (Å²) in [6.45, 7) is 15.2. The molecular formula is C24H35N3O. The summed E-state index contributed by atoms with van der Waals surface area (Å²) >= 11 is 0. The van der Waals surface area contributed by atoms with Crippen molar-refractivity contribution < 1.29 is 4.79 Å². The van der Waals surface area contributed by atoms with Crippen molar-refractivity contribution in [3.05, 3.63) is 40.1 Å².